The molecule has 2 aromatic rings. The molecule has 0 radical (unpaired) electrons. The van der Waals surface area contributed by atoms with E-state index in [4.69, 9.17) is 0 Å². The monoisotopic (exact) mass is 370 g/mol. The number of hydrogen-bond donors (Lipinski definition) is 0. The van der Waals surface area contributed by atoms with Crippen LogP contribution in [0.25, 0.3) is 0 Å². The number of anilines is 1. The third-order valence-electron chi connectivity index (χ3n) is 4.24. The van der Waals surface area contributed by atoms with Gasteiger partial charge in [-0.25, -0.2) is 4.79 Å². The lowest BCUT2D eigenvalue weighted by molar-refractivity contribution is -0.137. The Labute approximate surface area is 145 Å². The molecule has 1 aromatic heterocycles. The molecular formula is C17H14F4N2O3. The Morgan fingerprint density at radius 1 is 1.23 bits per heavy atom. The molecule has 0 spiro atoms. The molecule has 5 nitrogen and oxygen atoms in total. The molecule has 9 heteroatoms. The summed E-state index contributed by atoms with van der Waals surface area (Å²) in [6, 6.07) is 4.46. The van der Waals surface area contributed by atoms with Crippen LogP contribution in [0.4, 0.5) is 23.2 Å². The third kappa shape index (κ3) is 2.83. The molecule has 0 bridgehead atoms. The average molecular weight is 370 g/mol. The normalized spacial score (nSPS) is 17.2. The maximum atomic E-state index is 14.2. The van der Waals surface area contributed by atoms with Crippen molar-refractivity contribution in [3.05, 3.63) is 53.1 Å². The number of carbonyl (C=O) groups is 2. The molecule has 0 N–H and O–H groups in total. The van der Waals surface area contributed by atoms with Gasteiger partial charge in [0.15, 0.2) is 5.95 Å². The highest BCUT2D eigenvalue weighted by Crippen LogP contribution is 2.34. The summed E-state index contributed by atoms with van der Waals surface area (Å²) < 4.78 is 58.0. The van der Waals surface area contributed by atoms with Gasteiger partial charge in [-0.1, -0.05) is 0 Å². The second-order valence-corrected chi connectivity index (χ2v) is 5.90. The van der Waals surface area contributed by atoms with Crippen molar-refractivity contribution in [3.63, 3.8) is 0 Å². The minimum atomic E-state index is -4.49. The number of nitrogens with zero attached hydrogens (tertiary/aromatic N) is 2. The molecule has 1 atom stereocenters. The van der Waals surface area contributed by atoms with E-state index < -0.39 is 35.6 Å². The molecule has 0 aliphatic carbocycles. The van der Waals surface area contributed by atoms with Crippen molar-refractivity contribution < 1.29 is 31.9 Å². The molecule has 0 fully saturated rings. The zero-order valence-electron chi connectivity index (χ0n) is 13.8. The number of methoxy groups -OCH3 is 1. The van der Waals surface area contributed by atoms with Crippen LogP contribution in [0, 0.1) is 5.95 Å². The molecule has 26 heavy (non-hydrogen) atoms. The van der Waals surface area contributed by atoms with E-state index in [0.29, 0.717) is 0 Å². The summed E-state index contributed by atoms with van der Waals surface area (Å²) in [5.74, 6) is -2.31. The fourth-order valence-electron chi connectivity index (χ4n) is 3.02. The van der Waals surface area contributed by atoms with Gasteiger partial charge in [-0.05, 0) is 31.2 Å². The smallest absolute Gasteiger partial charge is 0.416 e. The van der Waals surface area contributed by atoms with Gasteiger partial charge >= 0.3 is 12.1 Å². The van der Waals surface area contributed by atoms with Crippen molar-refractivity contribution in [1.82, 2.24) is 4.57 Å². The number of ether oxygens (including phenoxy) is 1. The maximum absolute atomic E-state index is 14.2. The Bertz CT molecular complexity index is 871. The number of hydrogen-bond acceptors (Lipinski definition) is 3. The summed E-state index contributed by atoms with van der Waals surface area (Å²) in [6.07, 6.45) is -4.49. The zero-order valence-corrected chi connectivity index (χ0v) is 13.8. The van der Waals surface area contributed by atoms with E-state index in [1.165, 1.54) is 17.0 Å². The van der Waals surface area contributed by atoms with Crippen molar-refractivity contribution in [2.75, 3.05) is 18.6 Å². The first-order valence-corrected chi connectivity index (χ1v) is 7.63. The quantitative estimate of drug-likeness (QED) is 0.599. The molecule has 0 unspecified atom stereocenters. The molecule has 3 rings (SSSR count). The van der Waals surface area contributed by atoms with Crippen LogP contribution in [0.5, 0.6) is 0 Å². The Balaban J connectivity index is 2.04. The number of benzene rings is 1. The van der Waals surface area contributed by atoms with Crippen LogP contribution in [0.2, 0.25) is 0 Å². The van der Waals surface area contributed by atoms with Crippen LogP contribution in [0.3, 0.4) is 0 Å². The highest BCUT2D eigenvalue weighted by Gasteiger charge is 2.37. The van der Waals surface area contributed by atoms with E-state index in [-0.39, 0.29) is 23.5 Å². The standard InChI is InChI=1S/C17H14F4N2O3/c1-9-8-22(11-5-3-10(4-6-11)17(19,20)21)15(24)14-12(16(25)26-2)7-13(18)23(9)14/h3-7,9H,8H2,1-2H3/t9-/m0/s1. The predicted octanol–water partition coefficient (Wildman–Crippen LogP) is 3.65. The van der Waals surface area contributed by atoms with E-state index in [1.54, 1.807) is 6.92 Å². The van der Waals surface area contributed by atoms with Gasteiger partial charge < -0.3 is 14.2 Å². The van der Waals surface area contributed by atoms with Gasteiger partial charge in [-0.3, -0.25) is 4.79 Å². The lowest BCUT2D eigenvalue weighted by atomic mass is 10.1. The van der Waals surface area contributed by atoms with Crippen molar-refractivity contribution in [2.24, 2.45) is 0 Å². The Kier molecular flexibility index (Phi) is 4.25. The minimum absolute atomic E-state index is 0.0451. The molecule has 1 aromatic carbocycles. The van der Waals surface area contributed by atoms with Crippen LogP contribution in [0.1, 0.15) is 39.4 Å². The molecule has 1 amide bonds. The van der Waals surface area contributed by atoms with Crippen LogP contribution in [0.15, 0.2) is 30.3 Å². The lowest BCUT2D eigenvalue weighted by Gasteiger charge is -2.33. The largest absolute Gasteiger partial charge is 0.465 e. The first-order chi connectivity index (χ1) is 12.1. The maximum Gasteiger partial charge on any atom is 0.416 e. The summed E-state index contributed by atoms with van der Waals surface area (Å²) in [6.45, 7) is 1.68. The van der Waals surface area contributed by atoms with Crippen LogP contribution in [-0.2, 0) is 10.9 Å². The highest BCUT2D eigenvalue weighted by atomic mass is 19.4. The second kappa shape index (κ2) is 6.15. The van der Waals surface area contributed by atoms with Gasteiger partial charge in [0, 0.05) is 18.3 Å². The molecular weight excluding hydrogens is 356 g/mol. The number of aromatic nitrogens is 1. The van der Waals surface area contributed by atoms with Gasteiger partial charge in [-0.2, -0.15) is 17.6 Å². The van der Waals surface area contributed by atoms with Gasteiger partial charge in [0.25, 0.3) is 5.91 Å². The number of alkyl halides is 3. The topological polar surface area (TPSA) is 51.5 Å². The first kappa shape index (κ1) is 18.0. The van der Waals surface area contributed by atoms with Gasteiger partial charge in [0.05, 0.1) is 24.3 Å². The van der Waals surface area contributed by atoms with E-state index in [2.05, 4.69) is 4.74 Å². The molecule has 0 saturated heterocycles. The number of esters is 1. The van der Waals surface area contributed by atoms with E-state index in [1.807, 2.05) is 0 Å². The third-order valence-corrected chi connectivity index (χ3v) is 4.24. The summed E-state index contributed by atoms with van der Waals surface area (Å²) in [7, 11) is 1.11. The van der Waals surface area contributed by atoms with Gasteiger partial charge in [0.2, 0.25) is 0 Å². The second-order valence-electron chi connectivity index (χ2n) is 5.90. The van der Waals surface area contributed by atoms with Gasteiger partial charge in [0.1, 0.15) is 5.69 Å². The van der Waals surface area contributed by atoms with E-state index in [0.717, 1.165) is 29.9 Å². The first-order valence-electron chi connectivity index (χ1n) is 7.63. The van der Waals surface area contributed by atoms with E-state index in [9.17, 15) is 27.2 Å². The van der Waals surface area contributed by atoms with Gasteiger partial charge in [-0.15, -0.1) is 0 Å². The van der Waals surface area contributed by atoms with Crippen LogP contribution >= 0.6 is 0 Å². The number of rotatable bonds is 2. The zero-order chi connectivity index (χ0) is 19.2. The molecule has 138 valence electrons. The Morgan fingerprint density at radius 2 is 1.85 bits per heavy atom. The minimum Gasteiger partial charge on any atom is -0.465 e. The Morgan fingerprint density at radius 3 is 2.38 bits per heavy atom. The molecule has 2 heterocycles. The Hall–Kier alpha value is -2.84. The van der Waals surface area contributed by atoms with Crippen molar-refractivity contribution >= 4 is 17.6 Å². The predicted molar refractivity (Wildman–Crippen MR) is 83.6 cm³/mol. The van der Waals surface area contributed by atoms with Crippen LogP contribution in [-0.4, -0.2) is 30.1 Å². The highest BCUT2D eigenvalue weighted by molar-refractivity contribution is 6.12. The molecule has 1 aliphatic heterocycles. The fourth-order valence-corrected chi connectivity index (χ4v) is 3.02. The van der Waals surface area contributed by atoms with Crippen molar-refractivity contribution in [2.45, 2.75) is 19.1 Å². The fraction of sp³-hybridized carbons (Fsp3) is 0.294. The SMILES string of the molecule is COC(=O)c1cc(F)n2c1C(=O)N(c1ccc(C(F)(F)F)cc1)C[C@@H]2C. The van der Waals surface area contributed by atoms with Crippen molar-refractivity contribution in [1.29, 1.82) is 0 Å². The number of halogens is 4. The summed E-state index contributed by atoms with van der Waals surface area (Å²) in [4.78, 5) is 25.9. The van der Waals surface area contributed by atoms with Crippen molar-refractivity contribution in [3.8, 4) is 0 Å². The summed E-state index contributed by atoms with van der Waals surface area (Å²) in [5.41, 5.74) is -1.03. The van der Waals surface area contributed by atoms with Crippen LogP contribution < -0.4 is 4.90 Å². The summed E-state index contributed by atoms with van der Waals surface area (Å²) >= 11 is 0. The lowest BCUT2D eigenvalue weighted by Crippen LogP contribution is -2.43. The average Bonchev–Trinajstić information content (AvgIpc) is 2.95. The number of carbonyl (C=O) groups excluding carboxylic acids is 2. The summed E-state index contributed by atoms with van der Waals surface area (Å²) in [5, 5.41) is 0. The number of fused-ring (bicyclic) bond motifs is 1. The molecule has 0 saturated carbocycles. The van der Waals surface area contributed by atoms with E-state index >= 15 is 0 Å². The molecule has 1 aliphatic rings. The number of amides is 1.